The Morgan fingerprint density at radius 3 is 2.62 bits per heavy atom. The molecule has 122 valence electrons. The number of benzene rings is 2. The molecule has 0 aromatic heterocycles. The maximum Gasteiger partial charge on any atom is 0.408 e. The van der Waals surface area contributed by atoms with E-state index in [4.69, 9.17) is 9.84 Å². The van der Waals surface area contributed by atoms with Gasteiger partial charge in [-0.3, -0.25) is 0 Å². The van der Waals surface area contributed by atoms with Gasteiger partial charge < -0.3 is 15.2 Å². The quantitative estimate of drug-likeness (QED) is 0.788. The summed E-state index contributed by atoms with van der Waals surface area (Å²) in [6.07, 6.45) is -0.560. The largest absolute Gasteiger partial charge is 0.478 e. The number of amides is 1. The highest BCUT2D eigenvalue weighted by Gasteiger charge is 2.07. The molecule has 0 heterocycles. The van der Waals surface area contributed by atoms with Gasteiger partial charge in [-0.25, -0.2) is 9.59 Å². The van der Waals surface area contributed by atoms with Gasteiger partial charge in [0.25, 0.3) is 0 Å². The Bertz CT molecular complexity index is 794. The summed E-state index contributed by atoms with van der Waals surface area (Å²) in [5.41, 5.74) is 1.59. The lowest BCUT2D eigenvalue weighted by atomic mass is 10.1. The van der Waals surface area contributed by atoms with Crippen molar-refractivity contribution in [1.29, 1.82) is 0 Å². The summed E-state index contributed by atoms with van der Waals surface area (Å²) >= 11 is 3.17. The van der Waals surface area contributed by atoms with Gasteiger partial charge in [-0.1, -0.05) is 42.2 Å². The first-order chi connectivity index (χ1) is 11.6. The average Bonchev–Trinajstić information content (AvgIpc) is 2.59. The molecule has 2 aromatic carbocycles. The molecule has 0 unspecified atom stereocenters. The molecule has 1 amide bonds. The number of ether oxygens (including phenoxy) is 1. The molecule has 0 spiro atoms. The minimum atomic E-state index is -1.03. The fourth-order valence-electron chi connectivity index (χ4n) is 1.80. The van der Waals surface area contributed by atoms with Crippen LogP contribution in [0.5, 0.6) is 0 Å². The van der Waals surface area contributed by atoms with Crippen LogP contribution in [0, 0.1) is 11.8 Å². The van der Waals surface area contributed by atoms with E-state index in [0.29, 0.717) is 10.0 Å². The van der Waals surface area contributed by atoms with E-state index in [-0.39, 0.29) is 18.7 Å². The third-order valence-corrected chi connectivity index (χ3v) is 3.65. The summed E-state index contributed by atoms with van der Waals surface area (Å²) in [5, 5.41) is 11.5. The molecule has 0 aliphatic rings. The predicted molar refractivity (Wildman–Crippen MR) is 92.6 cm³/mol. The zero-order chi connectivity index (χ0) is 17.4. The van der Waals surface area contributed by atoms with Gasteiger partial charge in [0.15, 0.2) is 0 Å². The Kier molecular flexibility index (Phi) is 6.41. The van der Waals surface area contributed by atoms with Crippen molar-refractivity contribution in [2.45, 2.75) is 6.61 Å². The van der Waals surface area contributed by atoms with E-state index < -0.39 is 12.1 Å². The molecule has 24 heavy (non-hydrogen) atoms. The monoisotopic (exact) mass is 387 g/mol. The number of hydrogen-bond acceptors (Lipinski definition) is 3. The fourth-order valence-corrected chi connectivity index (χ4v) is 2.22. The lowest BCUT2D eigenvalue weighted by molar-refractivity contribution is 0.0695. The molecule has 0 aliphatic carbocycles. The Hall–Kier alpha value is -2.78. The lowest BCUT2D eigenvalue weighted by Crippen LogP contribution is -2.24. The van der Waals surface area contributed by atoms with Crippen LogP contribution in [-0.4, -0.2) is 23.7 Å². The van der Waals surface area contributed by atoms with E-state index in [1.54, 1.807) is 12.1 Å². The van der Waals surface area contributed by atoms with Crippen LogP contribution in [0.3, 0.4) is 0 Å². The van der Waals surface area contributed by atoms with Crippen molar-refractivity contribution in [3.8, 4) is 11.8 Å². The first-order valence-corrected chi connectivity index (χ1v) is 7.82. The molecule has 5 nitrogen and oxygen atoms in total. The van der Waals surface area contributed by atoms with Crippen LogP contribution < -0.4 is 5.32 Å². The Morgan fingerprint density at radius 2 is 1.92 bits per heavy atom. The number of carboxylic acids is 1. The maximum atomic E-state index is 11.5. The highest BCUT2D eigenvalue weighted by molar-refractivity contribution is 9.10. The summed E-state index contributed by atoms with van der Waals surface area (Å²) < 4.78 is 5.53. The number of alkyl carbamates (subject to hydrolysis) is 1. The van der Waals surface area contributed by atoms with E-state index >= 15 is 0 Å². The van der Waals surface area contributed by atoms with Crippen molar-refractivity contribution in [1.82, 2.24) is 5.32 Å². The van der Waals surface area contributed by atoms with Crippen LogP contribution in [0.4, 0.5) is 4.79 Å². The van der Waals surface area contributed by atoms with Gasteiger partial charge in [0.1, 0.15) is 6.61 Å². The van der Waals surface area contributed by atoms with Gasteiger partial charge >= 0.3 is 12.1 Å². The first-order valence-electron chi connectivity index (χ1n) is 7.02. The lowest BCUT2D eigenvalue weighted by Gasteiger charge is -2.04. The number of halogens is 1. The second-order valence-corrected chi connectivity index (χ2v) is 5.57. The summed E-state index contributed by atoms with van der Waals surface area (Å²) in [6, 6.07) is 14.1. The number of carboxylic acid groups (broad SMARTS) is 1. The zero-order valence-corrected chi connectivity index (χ0v) is 14.2. The van der Waals surface area contributed by atoms with E-state index in [9.17, 15) is 9.59 Å². The summed E-state index contributed by atoms with van der Waals surface area (Å²) in [4.78, 5) is 22.6. The SMILES string of the molecule is O=C(NCC#Cc1ccc(Br)c(C(=O)O)c1)OCc1ccccc1. The van der Waals surface area contributed by atoms with Crippen molar-refractivity contribution in [2.24, 2.45) is 0 Å². The van der Waals surface area contributed by atoms with Gasteiger partial charge in [-0.05, 0) is 39.7 Å². The molecule has 0 fully saturated rings. The van der Waals surface area contributed by atoms with Crippen molar-refractivity contribution < 1.29 is 19.4 Å². The molecular weight excluding hydrogens is 374 g/mol. The van der Waals surface area contributed by atoms with Gasteiger partial charge in [0, 0.05) is 10.0 Å². The average molecular weight is 388 g/mol. The molecule has 0 bridgehead atoms. The predicted octanol–water partition coefficient (Wildman–Crippen LogP) is 3.43. The zero-order valence-electron chi connectivity index (χ0n) is 12.6. The summed E-state index contributed by atoms with van der Waals surface area (Å²) in [6.45, 7) is 0.293. The van der Waals surface area contributed by atoms with E-state index in [1.165, 1.54) is 6.07 Å². The van der Waals surface area contributed by atoms with Gasteiger partial charge in [0.2, 0.25) is 0 Å². The topological polar surface area (TPSA) is 75.6 Å². The minimum absolute atomic E-state index is 0.103. The van der Waals surface area contributed by atoms with Crippen LogP contribution in [0.25, 0.3) is 0 Å². The van der Waals surface area contributed by atoms with Crippen molar-refractivity contribution in [3.63, 3.8) is 0 Å². The molecule has 2 N–H and O–H groups in total. The van der Waals surface area contributed by atoms with Gasteiger partial charge in [0.05, 0.1) is 12.1 Å². The second kappa shape index (κ2) is 8.75. The smallest absolute Gasteiger partial charge is 0.408 e. The van der Waals surface area contributed by atoms with Gasteiger partial charge in [-0.15, -0.1) is 0 Å². The third kappa shape index (κ3) is 5.45. The first kappa shape index (κ1) is 17.6. The molecule has 2 aromatic rings. The number of carbonyl (C=O) groups excluding carboxylic acids is 1. The Morgan fingerprint density at radius 1 is 1.17 bits per heavy atom. The molecule has 0 aliphatic heterocycles. The van der Waals surface area contributed by atoms with Crippen molar-refractivity contribution in [2.75, 3.05) is 6.54 Å². The molecule has 6 heteroatoms. The van der Waals surface area contributed by atoms with Crippen LogP contribution in [0.1, 0.15) is 21.5 Å². The molecule has 0 saturated heterocycles. The number of nitrogens with one attached hydrogen (secondary N) is 1. The van der Waals surface area contributed by atoms with Crippen LogP contribution in [-0.2, 0) is 11.3 Å². The van der Waals surface area contributed by atoms with Crippen molar-refractivity contribution in [3.05, 3.63) is 69.7 Å². The van der Waals surface area contributed by atoms with E-state index in [2.05, 4.69) is 33.1 Å². The Labute approximate surface area is 147 Å². The standard InChI is InChI=1S/C18H14BrNO4/c19-16-9-8-13(11-15(16)17(21)22)7-4-10-20-18(23)24-12-14-5-2-1-3-6-14/h1-3,5-6,8-9,11H,10,12H2,(H,20,23)(H,21,22). The molecule has 0 saturated carbocycles. The summed E-state index contributed by atoms with van der Waals surface area (Å²) in [5.74, 6) is 4.50. The minimum Gasteiger partial charge on any atom is -0.478 e. The molecular formula is C18H14BrNO4. The Balaban J connectivity index is 1.82. The summed E-state index contributed by atoms with van der Waals surface area (Å²) in [7, 11) is 0. The normalized spacial score (nSPS) is 9.54. The fraction of sp³-hybridized carbons (Fsp3) is 0.111. The van der Waals surface area contributed by atoms with E-state index in [0.717, 1.165) is 5.56 Å². The molecule has 0 radical (unpaired) electrons. The number of hydrogen-bond donors (Lipinski definition) is 2. The van der Waals surface area contributed by atoms with E-state index in [1.807, 2.05) is 30.3 Å². The maximum absolute atomic E-state index is 11.5. The highest BCUT2D eigenvalue weighted by Crippen LogP contribution is 2.17. The highest BCUT2D eigenvalue weighted by atomic mass is 79.9. The van der Waals surface area contributed by atoms with Crippen molar-refractivity contribution >= 4 is 28.0 Å². The van der Waals surface area contributed by atoms with Crippen LogP contribution in [0.15, 0.2) is 53.0 Å². The van der Waals surface area contributed by atoms with Crippen LogP contribution >= 0.6 is 15.9 Å². The molecule has 0 atom stereocenters. The number of aromatic carboxylic acids is 1. The van der Waals surface area contributed by atoms with Gasteiger partial charge in [-0.2, -0.15) is 0 Å². The second-order valence-electron chi connectivity index (χ2n) is 4.72. The molecule has 2 rings (SSSR count). The third-order valence-electron chi connectivity index (χ3n) is 2.96. The number of rotatable bonds is 4. The number of carbonyl (C=O) groups is 2. The van der Waals surface area contributed by atoms with Crippen LogP contribution in [0.2, 0.25) is 0 Å².